The first kappa shape index (κ1) is 24.1. The monoisotopic (exact) mass is 476 g/mol. The van der Waals surface area contributed by atoms with Gasteiger partial charge in [0.15, 0.2) is 0 Å². The minimum atomic E-state index is -0.443. The van der Waals surface area contributed by atoms with Crippen molar-refractivity contribution in [1.82, 2.24) is 14.7 Å². The van der Waals surface area contributed by atoms with Gasteiger partial charge < -0.3 is 10.6 Å². The smallest absolute Gasteiger partial charge is 0.324 e. The number of carbonyl (C=O) groups is 2. The van der Waals surface area contributed by atoms with Crippen molar-refractivity contribution >= 4 is 11.9 Å². The Hall–Kier alpha value is -2.60. The maximum atomic E-state index is 14.1. The Morgan fingerprint density at radius 1 is 1.11 bits per heavy atom. The molecule has 0 radical (unpaired) electrons. The number of primary amides is 1. The van der Waals surface area contributed by atoms with Crippen LogP contribution in [0.15, 0.2) is 53.8 Å². The molecular formula is C29H40N4O2. The summed E-state index contributed by atoms with van der Waals surface area (Å²) >= 11 is 0. The van der Waals surface area contributed by atoms with E-state index in [9.17, 15) is 9.59 Å². The lowest BCUT2D eigenvalue weighted by molar-refractivity contribution is -0.114. The van der Waals surface area contributed by atoms with Gasteiger partial charge in [0.05, 0.1) is 17.7 Å². The molecule has 1 spiro atoms. The van der Waals surface area contributed by atoms with E-state index in [-0.39, 0.29) is 23.0 Å². The molecule has 1 heterocycles. The molecule has 0 aromatic heterocycles. The molecule has 1 aliphatic heterocycles. The van der Waals surface area contributed by atoms with Gasteiger partial charge in [-0.1, -0.05) is 55.8 Å². The number of urea groups is 1. The van der Waals surface area contributed by atoms with Crippen LogP contribution in [0, 0.1) is 11.8 Å². The van der Waals surface area contributed by atoms with Crippen molar-refractivity contribution in [2.75, 3.05) is 27.2 Å². The lowest BCUT2D eigenvalue weighted by Gasteiger charge is -2.51. The first-order valence-corrected chi connectivity index (χ1v) is 13.3. The van der Waals surface area contributed by atoms with Crippen LogP contribution in [0.5, 0.6) is 0 Å². The minimum Gasteiger partial charge on any atom is -0.366 e. The fraction of sp³-hybridized carbons (Fsp3) is 0.586. The summed E-state index contributed by atoms with van der Waals surface area (Å²) in [6.07, 6.45) is 12.2. The molecule has 1 atom stereocenters. The van der Waals surface area contributed by atoms with E-state index in [4.69, 9.17) is 5.73 Å². The van der Waals surface area contributed by atoms with Gasteiger partial charge in [0.25, 0.3) is 0 Å². The second-order valence-corrected chi connectivity index (χ2v) is 11.5. The zero-order valence-electron chi connectivity index (χ0n) is 21.5. The molecule has 1 unspecified atom stereocenters. The van der Waals surface area contributed by atoms with E-state index in [1.807, 2.05) is 17.1 Å². The molecule has 5 rings (SSSR count). The number of rotatable bonds is 6. The highest BCUT2D eigenvalue weighted by molar-refractivity contribution is 5.97. The van der Waals surface area contributed by atoms with Gasteiger partial charge in [-0.15, -0.1) is 0 Å². The number of nitrogens with zero attached hydrogens (tertiary/aromatic N) is 3. The van der Waals surface area contributed by atoms with Gasteiger partial charge in [-0.2, -0.15) is 0 Å². The third-order valence-electron chi connectivity index (χ3n) is 9.40. The molecule has 1 aromatic rings. The van der Waals surface area contributed by atoms with E-state index in [1.165, 1.54) is 24.8 Å². The summed E-state index contributed by atoms with van der Waals surface area (Å²) in [5, 5.41) is 0. The van der Waals surface area contributed by atoms with Crippen LogP contribution in [-0.4, -0.2) is 59.4 Å². The van der Waals surface area contributed by atoms with Crippen LogP contribution in [0.3, 0.4) is 0 Å². The third-order valence-corrected chi connectivity index (χ3v) is 9.40. The summed E-state index contributed by atoms with van der Waals surface area (Å²) in [6, 6.07) is 10.9. The van der Waals surface area contributed by atoms with Crippen molar-refractivity contribution in [2.24, 2.45) is 17.6 Å². The summed E-state index contributed by atoms with van der Waals surface area (Å²) in [5.41, 5.74) is 8.24. The first-order chi connectivity index (χ1) is 16.8. The molecule has 4 aliphatic rings. The summed E-state index contributed by atoms with van der Waals surface area (Å²) in [6.45, 7) is 3.59. The second kappa shape index (κ2) is 9.12. The molecule has 0 bridgehead atoms. The Kier molecular flexibility index (Phi) is 6.28. The molecule has 35 heavy (non-hydrogen) atoms. The highest BCUT2D eigenvalue weighted by atomic mass is 16.2. The van der Waals surface area contributed by atoms with Gasteiger partial charge in [-0.3, -0.25) is 14.6 Å². The Balaban J connectivity index is 1.49. The fourth-order valence-electron chi connectivity index (χ4n) is 6.96. The van der Waals surface area contributed by atoms with Crippen LogP contribution < -0.4 is 5.73 Å². The van der Waals surface area contributed by atoms with Crippen LogP contribution in [-0.2, 0) is 10.3 Å². The molecule has 2 N–H and O–H groups in total. The van der Waals surface area contributed by atoms with E-state index in [2.05, 4.69) is 61.2 Å². The molecule has 6 heteroatoms. The van der Waals surface area contributed by atoms with E-state index < -0.39 is 5.91 Å². The van der Waals surface area contributed by atoms with Crippen LogP contribution in [0.2, 0.25) is 0 Å². The summed E-state index contributed by atoms with van der Waals surface area (Å²) in [4.78, 5) is 32.9. The zero-order valence-corrected chi connectivity index (χ0v) is 21.5. The summed E-state index contributed by atoms with van der Waals surface area (Å²) in [7, 11) is 4.37. The SMILES string of the molecule is CC1CC=CC(C(N)=O)=C1N1CC2(CCC(c3ccccc3)(N(C)C)CC2)N(CC2CCC2)C1=O. The number of nitrogens with two attached hydrogens (primary N) is 1. The van der Waals surface area contributed by atoms with Crippen LogP contribution in [0.1, 0.15) is 63.9 Å². The van der Waals surface area contributed by atoms with Crippen LogP contribution in [0.4, 0.5) is 4.79 Å². The predicted molar refractivity (Wildman–Crippen MR) is 138 cm³/mol. The second-order valence-electron chi connectivity index (χ2n) is 11.5. The molecule has 6 nitrogen and oxygen atoms in total. The highest BCUT2D eigenvalue weighted by Crippen LogP contribution is 2.50. The number of carbonyl (C=O) groups excluding carboxylic acids is 2. The van der Waals surface area contributed by atoms with Crippen LogP contribution >= 0.6 is 0 Å². The van der Waals surface area contributed by atoms with Gasteiger partial charge in [-0.05, 0) is 70.5 Å². The van der Waals surface area contributed by atoms with Crippen molar-refractivity contribution < 1.29 is 9.59 Å². The number of allylic oxidation sites excluding steroid dienone is 2. The lowest BCUT2D eigenvalue weighted by Crippen LogP contribution is -2.56. The molecule has 1 aromatic carbocycles. The Morgan fingerprint density at radius 2 is 1.80 bits per heavy atom. The van der Waals surface area contributed by atoms with Crippen LogP contribution in [0.25, 0.3) is 0 Å². The maximum absolute atomic E-state index is 14.1. The summed E-state index contributed by atoms with van der Waals surface area (Å²) in [5.74, 6) is 0.251. The first-order valence-electron chi connectivity index (χ1n) is 13.3. The highest BCUT2D eigenvalue weighted by Gasteiger charge is 2.56. The summed E-state index contributed by atoms with van der Waals surface area (Å²) < 4.78 is 0. The van der Waals surface area contributed by atoms with E-state index in [0.717, 1.165) is 44.3 Å². The quantitative estimate of drug-likeness (QED) is 0.651. The Morgan fingerprint density at radius 3 is 2.37 bits per heavy atom. The number of amides is 3. The average Bonchev–Trinajstić information content (AvgIpc) is 3.07. The van der Waals surface area contributed by atoms with Gasteiger partial charge >= 0.3 is 6.03 Å². The molecular weight excluding hydrogens is 436 g/mol. The maximum Gasteiger partial charge on any atom is 0.324 e. The minimum absolute atomic E-state index is 0.0242. The molecule has 2 saturated carbocycles. The standard InChI is InChI=1S/C29H40N4O2/c1-21-9-7-14-24(26(30)34)25(21)32-20-28(33(27(32)35)19-22-10-8-11-22)15-17-29(18-16-28,31(2)3)23-12-5-4-6-13-23/h4-7,12-14,21-22H,8-11,15-20H2,1-3H3,(H2,30,34). The van der Waals surface area contributed by atoms with Crippen molar-refractivity contribution in [1.29, 1.82) is 0 Å². The fourth-order valence-corrected chi connectivity index (χ4v) is 6.96. The van der Waals surface area contributed by atoms with E-state index in [0.29, 0.717) is 18.0 Å². The largest absolute Gasteiger partial charge is 0.366 e. The lowest BCUT2D eigenvalue weighted by atomic mass is 9.68. The molecule has 1 saturated heterocycles. The van der Waals surface area contributed by atoms with Crippen molar-refractivity contribution in [3.8, 4) is 0 Å². The zero-order chi connectivity index (χ0) is 24.8. The number of hydrogen-bond acceptors (Lipinski definition) is 3. The normalized spacial score (nSPS) is 31.5. The van der Waals surface area contributed by atoms with E-state index in [1.54, 1.807) is 0 Å². The molecule has 3 fully saturated rings. The van der Waals surface area contributed by atoms with E-state index >= 15 is 0 Å². The molecule has 188 valence electrons. The van der Waals surface area contributed by atoms with Crippen molar-refractivity contribution in [2.45, 2.75) is 69.4 Å². The molecule has 3 amide bonds. The topological polar surface area (TPSA) is 69.9 Å². The van der Waals surface area contributed by atoms with Crippen molar-refractivity contribution in [3.63, 3.8) is 0 Å². The van der Waals surface area contributed by atoms with Crippen molar-refractivity contribution in [3.05, 3.63) is 59.3 Å². The predicted octanol–water partition coefficient (Wildman–Crippen LogP) is 4.63. The number of benzene rings is 1. The van der Waals surface area contributed by atoms with Gasteiger partial charge in [0.2, 0.25) is 5.91 Å². The van der Waals surface area contributed by atoms with Gasteiger partial charge in [0, 0.05) is 23.7 Å². The molecule has 3 aliphatic carbocycles. The number of hydrogen-bond donors (Lipinski definition) is 1. The Bertz CT molecular complexity index is 1030. The Labute approximate surface area is 209 Å². The van der Waals surface area contributed by atoms with Gasteiger partial charge in [0.1, 0.15) is 0 Å². The average molecular weight is 477 g/mol. The third kappa shape index (κ3) is 4.00. The van der Waals surface area contributed by atoms with Gasteiger partial charge in [-0.25, -0.2) is 4.79 Å².